The predicted octanol–water partition coefficient (Wildman–Crippen LogP) is 3.47. The van der Waals surface area contributed by atoms with Crippen molar-refractivity contribution >= 4 is 12.2 Å². The quantitative estimate of drug-likeness (QED) is 0.346. The van der Waals surface area contributed by atoms with Crippen molar-refractivity contribution in [2.75, 3.05) is 7.11 Å². The van der Waals surface area contributed by atoms with Crippen LogP contribution in [0.4, 0.5) is 0 Å². The Labute approximate surface area is 138 Å². The summed E-state index contributed by atoms with van der Waals surface area (Å²) in [4.78, 5) is 15.3. The van der Waals surface area contributed by atoms with Gasteiger partial charge in [0, 0.05) is 30.7 Å². The third kappa shape index (κ3) is 6.34. The maximum atomic E-state index is 11.5. The Morgan fingerprint density at radius 2 is 2.13 bits per heavy atom. The standard InChI is InChI=1S/C19H24N2O2/c1-5-16-9-7-10-17(15(16)3)14-21-18(13-19(22)23-4)11-8-12-20-6-2/h6-13,21H,2,5,14H2,1,3-4H3/b11-8-,18-13-,20-12?. The molecule has 0 spiro atoms. The van der Waals surface area contributed by atoms with Gasteiger partial charge in [0.05, 0.1) is 7.11 Å². The van der Waals surface area contributed by atoms with Crippen LogP contribution in [0.1, 0.15) is 23.6 Å². The smallest absolute Gasteiger partial charge is 0.332 e. The van der Waals surface area contributed by atoms with Crippen LogP contribution >= 0.6 is 0 Å². The lowest BCUT2D eigenvalue weighted by molar-refractivity contribution is -0.134. The molecule has 0 amide bonds. The molecule has 1 aromatic rings. The average molecular weight is 312 g/mol. The Hall–Kier alpha value is -2.62. The van der Waals surface area contributed by atoms with E-state index in [2.05, 4.69) is 53.7 Å². The van der Waals surface area contributed by atoms with Gasteiger partial charge in [0.15, 0.2) is 0 Å². The number of esters is 1. The fraction of sp³-hybridized carbons (Fsp3) is 0.263. The minimum Gasteiger partial charge on any atom is -0.466 e. The van der Waals surface area contributed by atoms with Gasteiger partial charge in [-0.2, -0.15) is 0 Å². The molecule has 1 N–H and O–H groups in total. The number of hydrogen-bond acceptors (Lipinski definition) is 4. The summed E-state index contributed by atoms with van der Waals surface area (Å²) in [6.07, 6.45) is 8.96. The second-order valence-corrected chi connectivity index (χ2v) is 4.87. The van der Waals surface area contributed by atoms with Gasteiger partial charge in [-0.1, -0.05) is 31.7 Å². The van der Waals surface area contributed by atoms with Gasteiger partial charge >= 0.3 is 5.97 Å². The molecule has 0 heterocycles. The van der Waals surface area contributed by atoms with Crippen LogP contribution in [0.3, 0.4) is 0 Å². The SMILES string of the molecule is C=CN=C/C=C\C(=C\C(=O)OC)NCc1cccc(CC)c1C. The first-order valence-corrected chi connectivity index (χ1v) is 7.54. The maximum Gasteiger partial charge on any atom is 0.332 e. The molecule has 0 atom stereocenters. The fourth-order valence-corrected chi connectivity index (χ4v) is 2.11. The highest BCUT2D eigenvalue weighted by molar-refractivity contribution is 5.83. The fourth-order valence-electron chi connectivity index (χ4n) is 2.11. The van der Waals surface area contributed by atoms with E-state index in [9.17, 15) is 4.79 Å². The summed E-state index contributed by atoms with van der Waals surface area (Å²) in [5.41, 5.74) is 4.47. The Bertz CT molecular complexity index is 628. The van der Waals surface area contributed by atoms with E-state index in [1.54, 1.807) is 18.4 Å². The first-order chi connectivity index (χ1) is 11.1. The Balaban J connectivity index is 2.87. The molecule has 0 aromatic heterocycles. The van der Waals surface area contributed by atoms with Crippen LogP contribution in [0, 0.1) is 6.92 Å². The van der Waals surface area contributed by atoms with Gasteiger partial charge in [0.1, 0.15) is 0 Å². The first kappa shape index (κ1) is 18.4. The van der Waals surface area contributed by atoms with Crippen molar-refractivity contribution in [1.29, 1.82) is 0 Å². The van der Waals surface area contributed by atoms with Gasteiger partial charge < -0.3 is 10.1 Å². The molecule has 1 aromatic carbocycles. The molecule has 0 bridgehead atoms. The van der Waals surface area contributed by atoms with Crippen LogP contribution < -0.4 is 5.32 Å². The lowest BCUT2D eigenvalue weighted by Gasteiger charge is -2.12. The Morgan fingerprint density at radius 3 is 2.78 bits per heavy atom. The molecule has 4 heteroatoms. The van der Waals surface area contributed by atoms with Gasteiger partial charge in [0.25, 0.3) is 0 Å². The van der Waals surface area contributed by atoms with Crippen molar-refractivity contribution in [2.45, 2.75) is 26.8 Å². The molecule has 0 unspecified atom stereocenters. The van der Waals surface area contributed by atoms with Crippen molar-refractivity contribution in [3.63, 3.8) is 0 Å². The molecule has 122 valence electrons. The molecule has 0 aliphatic carbocycles. The van der Waals surface area contributed by atoms with Crippen molar-refractivity contribution in [3.8, 4) is 0 Å². The third-order valence-corrected chi connectivity index (χ3v) is 3.45. The Kier molecular flexibility index (Phi) is 8.14. The number of carbonyl (C=O) groups excluding carboxylic acids is 1. The number of carbonyl (C=O) groups is 1. The molecule has 1 rings (SSSR count). The molecule has 0 fully saturated rings. The highest BCUT2D eigenvalue weighted by Gasteiger charge is 2.04. The van der Waals surface area contributed by atoms with Crippen molar-refractivity contribution in [3.05, 3.63) is 71.6 Å². The molecular weight excluding hydrogens is 288 g/mol. The molecule has 0 aliphatic heterocycles. The van der Waals surface area contributed by atoms with Crippen molar-refractivity contribution in [1.82, 2.24) is 5.32 Å². The van der Waals surface area contributed by atoms with Gasteiger partial charge in [0.2, 0.25) is 0 Å². The topological polar surface area (TPSA) is 50.7 Å². The number of nitrogens with one attached hydrogen (secondary N) is 1. The van der Waals surface area contributed by atoms with E-state index >= 15 is 0 Å². The summed E-state index contributed by atoms with van der Waals surface area (Å²) in [6, 6.07) is 6.27. The van der Waals surface area contributed by atoms with Crippen LogP contribution in [0.15, 0.2) is 59.9 Å². The number of allylic oxidation sites excluding steroid dienone is 2. The zero-order valence-corrected chi connectivity index (χ0v) is 14.0. The maximum absolute atomic E-state index is 11.5. The molecule has 0 saturated heterocycles. The van der Waals surface area contributed by atoms with Gasteiger partial charge in [-0.05, 0) is 42.2 Å². The highest BCUT2D eigenvalue weighted by atomic mass is 16.5. The normalized spacial score (nSPS) is 11.9. The lowest BCUT2D eigenvalue weighted by Crippen LogP contribution is -2.14. The summed E-state index contributed by atoms with van der Waals surface area (Å²) in [7, 11) is 1.36. The number of aliphatic imine (C=N–C) groups is 1. The van der Waals surface area contributed by atoms with Crippen LogP contribution in [0.2, 0.25) is 0 Å². The zero-order valence-electron chi connectivity index (χ0n) is 14.0. The number of ether oxygens (including phenoxy) is 1. The summed E-state index contributed by atoms with van der Waals surface area (Å²) in [5, 5.41) is 3.26. The van der Waals surface area contributed by atoms with Gasteiger partial charge in [-0.25, -0.2) is 4.79 Å². The van der Waals surface area contributed by atoms with E-state index < -0.39 is 5.97 Å². The minimum absolute atomic E-state index is 0.406. The van der Waals surface area contributed by atoms with Gasteiger partial charge in [-0.3, -0.25) is 4.99 Å². The number of hydrogen-bond donors (Lipinski definition) is 1. The summed E-state index contributed by atoms with van der Waals surface area (Å²) >= 11 is 0. The third-order valence-electron chi connectivity index (χ3n) is 3.45. The molecule has 0 aliphatic rings. The largest absolute Gasteiger partial charge is 0.466 e. The van der Waals surface area contributed by atoms with E-state index in [-0.39, 0.29) is 0 Å². The number of rotatable bonds is 8. The predicted molar refractivity (Wildman–Crippen MR) is 95.3 cm³/mol. The summed E-state index contributed by atoms with van der Waals surface area (Å²) in [5.74, 6) is -0.406. The van der Waals surface area contributed by atoms with Crippen LogP contribution in [-0.2, 0) is 22.5 Å². The molecule has 23 heavy (non-hydrogen) atoms. The Morgan fingerprint density at radius 1 is 1.39 bits per heavy atom. The molecular formula is C19H24N2O2. The second-order valence-electron chi connectivity index (χ2n) is 4.87. The second kappa shape index (κ2) is 10.2. The van der Waals surface area contributed by atoms with E-state index in [0.29, 0.717) is 12.2 Å². The summed E-state index contributed by atoms with van der Waals surface area (Å²) in [6.45, 7) is 8.40. The van der Waals surface area contributed by atoms with Crippen LogP contribution in [0.5, 0.6) is 0 Å². The van der Waals surface area contributed by atoms with E-state index in [4.69, 9.17) is 0 Å². The molecule has 4 nitrogen and oxygen atoms in total. The number of aryl methyl sites for hydroxylation is 1. The number of nitrogens with zero attached hydrogens (tertiary/aromatic N) is 1. The van der Waals surface area contributed by atoms with Crippen molar-refractivity contribution in [2.24, 2.45) is 4.99 Å². The monoisotopic (exact) mass is 312 g/mol. The van der Waals surface area contributed by atoms with Crippen LogP contribution in [0.25, 0.3) is 0 Å². The first-order valence-electron chi connectivity index (χ1n) is 7.54. The van der Waals surface area contributed by atoms with Crippen LogP contribution in [-0.4, -0.2) is 19.3 Å². The number of benzene rings is 1. The van der Waals surface area contributed by atoms with Crippen molar-refractivity contribution < 1.29 is 9.53 Å². The molecule has 0 radical (unpaired) electrons. The lowest BCUT2D eigenvalue weighted by atomic mass is 10.0. The van der Waals surface area contributed by atoms with E-state index in [1.165, 1.54) is 36.1 Å². The van der Waals surface area contributed by atoms with E-state index in [1.807, 2.05) is 0 Å². The van der Waals surface area contributed by atoms with E-state index in [0.717, 1.165) is 6.42 Å². The molecule has 0 saturated carbocycles. The minimum atomic E-state index is -0.406. The average Bonchev–Trinajstić information content (AvgIpc) is 2.57. The number of methoxy groups -OCH3 is 1. The highest BCUT2D eigenvalue weighted by Crippen LogP contribution is 2.14. The zero-order chi connectivity index (χ0) is 17.1. The van der Waals surface area contributed by atoms with Gasteiger partial charge in [-0.15, -0.1) is 0 Å². The summed E-state index contributed by atoms with van der Waals surface area (Å²) < 4.78 is 4.68.